The largest absolute Gasteiger partial charge is 0.508 e. The molecule has 3 aromatic heterocycles. The standard InChI is InChI=1S/C90H120N12O12S4/c1-5-30-101-45-55(33-69-67-19-14-22-73-83(67)61(43-95-73)37-77(69)101)47-115-50-65(105)35-57(17-11-13-29-93-82(109)52-116-48-56-34-70-68-20-15-23-74-84(68)62(44-96-74)38-78(70)102(46-56)31-6-2)87(111)99-76-51-118-117-49-63(90(114)100-85(53(4)103)86(92)110)41-79(106)71(7-3)97-88(112)58(16-10-12-28-91)39-80(107)75(36-60-42-94-72-21-9-8-18-66(60)72)98-89(113)59(40-81(76)108)32-54-24-26-64(104)27-25-54/h8-9,14-15,18-27,42-44,53,55-59,63,69-71,75-78,85,94-96,103-104H,5-7,10-13,16-17,28-41,45-52,91H2,1-4H3,(H2,92,110)(H,93,109)(H,97,112)(H,98,113)(H,99,111)(H,100,114)/t53-,55-,56-,57+,58-,59-,63+,69-,70-,71+,75-,76+,77-,78-,85+/m1/s1. The van der Waals surface area contributed by atoms with E-state index in [1.54, 1.807) is 48.8 Å². The summed E-state index contributed by atoms with van der Waals surface area (Å²) in [5.74, 6) is -6.60. The number of primary amides is 1. The highest BCUT2D eigenvalue weighted by atomic mass is 33.1. The predicted octanol–water partition coefficient (Wildman–Crippen LogP) is 10.3. The lowest BCUT2D eigenvalue weighted by Gasteiger charge is -2.47. The molecule has 14 N–H and O–H groups in total. The van der Waals surface area contributed by atoms with Gasteiger partial charge in [0.2, 0.25) is 35.4 Å². The third-order valence-electron chi connectivity index (χ3n) is 24.9. The van der Waals surface area contributed by atoms with Gasteiger partial charge in [-0.1, -0.05) is 110 Å². The number of phenols is 1. The maximum Gasteiger partial charge on any atom is 0.242 e. The molecule has 636 valence electrons. The number of phenolic OH excluding ortho intramolecular Hbond substituents is 1. The second-order valence-electron chi connectivity index (χ2n) is 33.5. The fourth-order valence-electron chi connectivity index (χ4n) is 18.9. The fraction of sp³-hybridized carbons (Fsp3) is 0.556. The van der Waals surface area contributed by atoms with E-state index in [1.807, 2.05) is 24.3 Å². The van der Waals surface area contributed by atoms with Crippen LogP contribution in [0.3, 0.4) is 0 Å². The molecule has 15 atom stereocenters. The minimum atomic E-state index is -1.53. The molecule has 28 heteroatoms. The van der Waals surface area contributed by atoms with E-state index in [-0.39, 0.29) is 79.6 Å². The van der Waals surface area contributed by atoms with Gasteiger partial charge in [-0.05, 0) is 191 Å². The van der Waals surface area contributed by atoms with E-state index in [4.69, 9.17) is 11.5 Å². The van der Waals surface area contributed by atoms with Crippen molar-refractivity contribution < 1.29 is 58.2 Å². The number of aromatic amines is 3. The number of fused-ring (bicyclic) bond motifs is 5. The van der Waals surface area contributed by atoms with Crippen molar-refractivity contribution in [3.8, 4) is 5.75 Å². The highest BCUT2D eigenvalue weighted by molar-refractivity contribution is 8.76. The van der Waals surface area contributed by atoms with Crippen LogP contribution in [0, 0.1) is 35.5 Å². The number of ketones is 4. The smallest absolute Gasteiger partial charge is 0.242 e. The number of thioether (sulfide) groups is 2. The van der Waals surface area contributed by atoms with Crippen LogP contribution in [-0.4, -0.2) is 210 Å². The third kappa shape index (κ3) is 23.0. The molecule has 4 aromatic carbocycles. The summed E-state index contributed by atoms with van der Waals surface area (Å²) in [7, 11) is 2.22. The lowest BCUT2D eigenvalue weighted by atomic mass is 9.72. The average molecular weight is 1690 g/mol. The summed E-state index contributed by atoms with van der Waals surface area (Å²) >= 11 is 3.24. The summed E-state index contributed by atoms with van der Waals surface area (Å²) in [5, 5.41) is 39.2. The number of Topliss-reactive ketones (excluding diaryl/α,β-unsaturated/α-hetero) is 4. The lowest BCUT2D eigenvalue weighted by Crippen LogP contribution is -2.53. The first-order valence-corrected chi connectivity index (χ1v) is 47.5. The van der Waals surface area contributed by atoms with Gasteiger partial charge in [-0.25, -0.2) is 0 Å². The normalized spacial score (nSPS) is 24.6. The number of aliphatic hydroxyl groups excluding tert-OH is 1. The van der Waals surface area contributed by atoms with Gasteiger partial charge >= 0.3 is 0 Å². The third-order valence-corrected chi connectivity index (χ3v) is 29.8. The van der Waals surface area contributed by atoms with Gasteiger partial charge < -0.3 is 63.2 Å². The van der Waals surface area contributed by atoms with E-state index in [0.29, 0.717) is 91.4 Å². The molecule has 6 heterocycles. The quantitative estimate of drug-likeness (QED) is 0.0132. The summed E-state index contributed by atoms with van der Waals surface area (Å²) in [6.45, 7) is 12.0. The Kier molecular flexibility index (Phi) is 32.5. The number of likely N-dealkylation sites (tertiary alicyclic amines) is 2. The first-order valence-electron chi connectivity index (χ1n) is 42.7. The van der Waals surface area contributed by atoms with Crippen molar-refractivity contribution in [2.45, 2.75) is 204 Å². The number of carbonyl (C=O) groups excluding carboxylic acids is 10. The molecule has 3 saturated heterocycles. The maximum atomic E-state index is 15.7. The number of unbranched alkanes of at least 4 members (excludes halogenated alkanes) is 2. The van der Waals surface area contributed by atoms with Crippen molar-refractivity contribution in [2.75, 3.05) is 73.8 Å². The van der Waals surface area contributed by atoms with E-state index in [2.05, 4.69) is 114 Å². The number of carbonyl (C=O) groups is 10. The zero-order valence-corrected chi connectivity index (χ0v) is 71.8. The Morgan fingerprint density at radius 3 is 1.86 bits per heavy atom. The number of piperidine rings is 2. The Balaban J connectivity index is 0.794. The second-order valence-corrected chi connectivity index (χ2v) is 38.2. The minimum Gasteiger partial charge on any atom is -0.508 e. The maximum absolute atomic E-state index is 15.7. The molecule has 24 nitrogen and oxygen atoms in total. The van der Waals surface area contributed by atoms with Crippen LogP contribution in [0.2, 0.25) is 0 Å². The van der Waals surface area contributed by atoms with Crippen LogP contribution in [0.15, 0.2) is 104 Å². The predicted molar refractivity (Wildman–Crippen MR) is 471 cm³/mol. The molecule has 12 rings (SSSR count). The molecule has 0 unspecified atom stereocenters. The van der Waals surface area contributed by atoms with Crippen LogP contribution in [0.5, 0.6) is 5.75 Å². The zero-order chi connectivity index (χ0) is 83.5. The van der Waals surface area contributed by atoms with Crippen molar-refractivity contribution >= 4 is 136 Å². The summed E-state index contributed by atoms with van der Waals surface area (Å²) in [4.78, 5) is 162. The number of benzene rings is 4. The Morgan fingerprint density at radius 1 is 0.644 bits per heavy atom. The average Bonchev–Trinajstić information content (AvgIpc) is 1.50. The van der Waals surface area contributed by atoms with Gasteiger partial charge in [0.15, 0.2) is 17.3 Å². The molecule has 0 saturated carbocycles. The van der Waals surface area contributed by atoms with Crippen LogP contribution in [0.25, 0.3) is 32.7 Å². The molecule has 3 aliphatic heterocycles. The number of aliphatic hydroxyl groups is 1. The fourth-order valence-corrected chi connectivity index (χ4v) is 23.4. The number of rotatable bonds is 34. The highest BCUT2D eigenvalue weighted by Crippen LogP contribution is 2.48. The number of aromatic hydroxyl groups is 1. The summed E-state index contributed by atoms with van der Waals surface area (Å²) in [6.07, 6.45) is 11.7. The minimum absolute atomic E-state index is 0.0210. The molecule has 0 bridgehead atoms. The van der Waals surface area contributed by atoms with E-state index < -0.39 is 114 Å². The van der Waals surface area contributed by atoms with Crippen molar-refractivity contribution in [3.05, 3.63) is 137 Å². The van der Waals surface area contributed by atoms with Gasteiger partial charge in [-0.15, -0.1) is 0 Å². The van der Waals surface area contributed by atoms with E-state index >= 15 is 19.2 Å². The van der Waals surface area contributed by atoms with Gasteiger partial charge in [0, 0.05) is 156 Å². The number of aromatic nitrogens is 3. The number of H-pyrrole nitrogens is 3. The number of hydrogen-bond acceptors (Lipinski definition) is 19. The van der Waals surface area contributed by atoms with Crippen molar-refractivity contribution in [1.29, 1.82) is 0 Å². The number of nitrogens with two attached hydrogens (primary N) is 2. The Bertz CT molecular complexity index is 4640. The summed E-state index contributed by atoms with van der Waals surface area (Å²) < 4.78 is 0. The number of nitrogens with zero attached hydrogens (tertiary/aromatic N) is 2. The molecular weight excluding hydrogens is 1570 g/mol. The number of nitrogens with one attached hydrogen (secondary N) is 8. The van der Waals surface area contributed by atoms with Crippen molar-refractivity contribution in [1.82, 2.24) is 51.3 Å². The van der Waals surface area contributed by atoms with Gasteiger partial charge in [0.25, 0.3) is 0 Å². The molecule has 2 aliphatic carbocycles. The number of para-hydroxylation sites is 1. The number of amides is 6. The first kappa shape index (κ1) is 89.3. The van der Waals surface area contributed by atoms with E-state index in [1.165, 1.54) is 57.6 Å². The topological polar surface area (TPSA) is 377 Å². The van der Waals surface area contributed by atoms with Gasteiger partial charge in [0.1, 0.15) is 17.6 Å². The molecule has 0 spiro atoms. The number of hydrogen-bond donors (Lipinski definition) is 12. The van der Waals surface area contributed by atoms with E-state index in [0.717, 1.165) is 114 Å². The van der Waals surface area contributed by atoms with Crippen LogP contribution < -0.4 is 38.1 Å². The summed E-state index contributed by atoms with van der Waals surface area (Å²) in [6, 6.07) is 22.4. The molecule has 7 aromatic rings. The summed E-state index contributed by atoms with van der Waals surface area (Å²) in [5.41, 5.74) is 21.5. The monoisotopic (exact) mass is 1690 g/mol. The Labute approximate surface area is 708 Å². The van der Waals surface area contributed by atoms with E-state index in [9.17, 15) is 39.0 Å². The van der Waals surface area contributed by atoms with Gasteiger partial charge in [-0.3, -0.25) is 57.7 Å². The lowest BCUT2D eigenvalue weighted by molar-refractivity contribution is -0.136. The first-order chi connectivity index (χ1) is 57.1. The van der Waals surface area contributed by atoms with Crippen LogP contribution in [0.4, 0.5) is 0 Å². The second kappa shape index (κ2) is 43.0. The van der Waals surface area contributed by atoms with Gasteiger partial charge in [0.05, 0.1) is 41.7 Å². The molecule has 6 amide bonds. The Hall–Kier alpha value is -7.96. The van der Waals surface area contributed by atoms with Crippen LogP contribution in [-0.2, 0) is 73.6 Å². The molecule has 0 radical (unpaired) electrons. The van der Waals surface area contributed by atoms with Crippen LogP contribution in [0.1, 0.15) is 169 Å². The highest BCUT2D eigenvalue weighted by Gasteiger charge is 2.44. The SMILES string of the molecule is CCCN1C[C@H](CSCC(=O)C[C@H](CCCCNC(=O)CSC[C@@H]2C[C@@H]3c4cccc5[nH]cc(c45)C[C@H]3N(CCC)C2)C(=O)N[C@H]2CSSC[C@@H](C(=O)N[C@H](C(N)=O)[C@@H](C)O)CC(=O)[C@H](CC)NC(=O)[C@H](CCCCN)CC(=O)[C@@H](Cc3c[nH]c4ccccc34)NC(=O)[C@H](Cc3ccc(O)cc3)CC2=O)C[C@@H]2c3cccc4[nH]cc(c34)C[C@H]21. The molecular formula is C90H120N12O12S4. The zero-order valence-electron chi connectivity index (χ0n) is 68.6. The van der Waals surface area contributed by atoms with Crippen molar-refractivity contribution in [3.63, 3.8) is 0 Å². The van der Waals surface area contributed by atoms with Crippen LogP contribution >= 0.6 is 45.1 Å². The molecule has 3 fully saturated rings. The molecule has 5 aliphatic rings. The molecule has 118 heavy (non-hydrogen) atoms. The van der Waals surface area contributed by atoms with Gasteiger partial charge in [-0.2, -0.15) is 23.5 Å². The Morgan fingerprint density at radius 2 is 1.24 bits per heavy atom. The van der Waals surface area contributed by atoms with Crippen molar-refractivity contribution in [2.24, 2.45) is 47.0 Å².